The second kappa shape index (κ2) is 29.8. The summed E-state index contributed by atoms with van der Waals surface area (Å²) in [5.41, 5.74) is 32.8. The van der Waals surface area contributed by atoms with Crippen LogP contribution in [0.2, 0.25) is 24.2 Å². The van der Waals surface area contributed by atoms with Crippen molar-refractivity contribution in [1.29, 1.82) is 0 Å². The lowest BCUT2D eigenvalue weighted by molar-refractivity contribution is -0.0661. The lowest BCUT2D eigenvalue weighted by atomic mass is 9.77. The molecule has 416 valence electrons. The Morgan fingerprint density at radius 3 is 1.38 bits per heavy atom. The zero-order chi connectivity index (χ0) is 50.9. The van der Waals surface area contributed by atoms with Crippen LogP contribution in [0.3, 0.4) is 0 Å². The molecule has 0 aromatic carbocycles. The first-order valence-electron chi connectivity index (χ1n) is 28.5. The van der Waals surface area contributed by atoms with E-state index < -0.39 is 59.6 Å². The molecule has 13 unspecified atom stereocenters. The van der Waals surface area contributed by atoms with Gasteiger partial charge in [0.2, 0.25) is 0 Å². The van der Waals surface area contributed by atoms with Gasteiger partial charge in [-0.1, -0.05) is 20.3 Å². The Hall–Kier alpha value is 0.148. The molecule has 0 saturated carbocycles. The summed E-state index contributed by atoms with van der Waals surface area (Å²) in [6, 6.07) is 2.38. The second-order valence-corrected chi connectivity index (χ2v) is 34.7. The molecule has 6 aliphatic heterocycles. The minimum Gasteiger partial charge on any atom is -0.377 e. The van der Waals surface area contributed by atoms with E-state index in [1.807, 2.05) is 0 Å². The highest BCUT2D eigenvalue weighted by Crippen LogP contribution is 2.46. The topological polar surface area (TPSA) is 261 Å². The van der Waals surface area contributed by atoms with E-state index in [0.29, 0.717) is 110 Å². The number of hydrogen-bond donors (Lipinski definition) is 9. The molecule has 6 aliphatic rings. The van der Waals surface area contributed by atoms with Crippen LogP contribution in [0.5, 0.6) is 0 Å². The molecule has 6 heterocycles. The summed E-state index contributed by atoms with van der Waals surface area (Å²) in [5, 5.41) is 15.7. The van der Waals surface area contributed by atoms with Gasteiger partial charge >= 0.3 is 35.2 Å². The zero-order valence-corrected chi connectivity index (χ0v) is 49.3. The molecule has 0 aromatic heterocycles. The van der Waals surface area contributed by atoms with Gasteiger partial charge in [0.05, 0.1) is 12.2 Å². The van der Waals surface area contributed by atoms with Crippen LogP contribution in [0.25, 0.3) is 0 Å². The Balaban J connectivity index is 1.44. The minimum absolute atomic E-state index is 0.365. The van der Waals surface area contributed by atoms with Crippen molar-refractivity contribution in [2.45, 2.75) is 160 Å². The van der Waals surface area contributed by atoms with Gasteiger partial charge in [0.15, 0.2) is 0 Å². The molecule has 6 saturated heterocycles. The summed E-state index contributed by atoms with van der Waals surface area (Å²) < 4.78 is 64.9. The molecule has 6 fully saturated rings. The molecule has 0 aliphatic carbocycles. The first-order chi connectivity index (χ1) is 34.3. The molecular weight excluding hydrogens is 971 g/mol. The van der Waals surface area contributed by atoms with E-state index in [1.54, 1.807) is 14.2 Å². The third kappa shape index (κ3) is 17.6. The summed E-state index contributed by atoms with van der Waals surface area (Å²) in [4.78, 5) is 0. The SMILES string of the molecule is CCC(CN)CC(CN)CC1CNCCC[Si]2(OC)O[C@@H](C)[C@@H]3O[Si]4(CCCNCC(CC(CN)CC(CN)CC5CNCCC[Si]6(O[C@@H]3[C@@H](C)O[Si](OC)(CCCNCC(CC(C)CN)C5)O6)O4)C1)O2. The maximum atomic E-state index is 7.72. The van der Waals surface area contributed by atoms with Crippen molar-refractivity contribution < 1.29 is 38.9 Å². The van der Waals surface area contributed by atoms with Gasteiger partial charge < -0.3 is 88.8 Å². The largest absolute Gasteiger partial charge is 0.493 e. The Morgan fingerprint density at radius 2 is 0.958 bits per heavy atom. The first kappa shape index (κ1) is 60.4. The summed E-state index contributed by atoms with van der Waals surface area (Å²) in [6.45, 7) is 18.8. The molecular formula is C49H105N9O9Si4. The third-order valence-electron chi connectivity index (χ3n) is 17.0. The molecule has 8 bridgehead atoms. The van der Waals surface area contributed by atoms with Gasteiger partial charge in [0.25, 0.3) is 0 Å². The quantitative estimate of drug-likeness (QED) is 0.113. The Kier molecular flexibility index (Phi) is 25.3. The van der Waals surface area contributed by atoms with Gasteiger partial charge in [-0.05, 0) is 229 Å². The summed E-state index contributed by atoms with van der Waals surface area (Å²) in [6.07, 6.45) is 10.9. The van der Waals surface area contributed by atoms with Crippen molar-refractivity contribution in [3.63, 3.8) is 0 Å². The molecule has 18 nitrogen and oxygen atoms in total. The number of hydrogen-bond acceptors (Lipinski definition) is 18. The monoisotopic (exact) mass is 1080 g/mol. The standard InChI is InChI=1S/C49H105N9O9Si4/c1-7-40(29-51)21-41(30-52)23-46-27-47-25-43(32-54)22-42(31-53)24-45-26-44(20-37(2)28-50)33-55-12-8-16-68(59-5)61-38(3)48-49-39(4)62-69(60-6,17-9-13-56-35-46)66-71(64-49,19-11-15-58-36-47)67-70(63-48,65-68)18-10-14-57-34-45/h37-49,55-58H,7-36,50-54H2,1-6H3/t37?,38-,39+,40?,41?,42?,43?,44?,45?,46?,47?,48-,49+,68?,69?,70?,71?/m1/s1. The lowest BCUT2D eigenvalue weighted by Crippen LogP contribution is -2.65. The number of rotatable bonds is 14. The third-order valence-corrected chi connectivity index (χ3v) is 32.3. The highest BCUT2D eigenvalue weighted by molar-refractivity contribution is 6.84. The van der Waals surface area contributed by atoms with E-state index in [1.165, 1.54) is 0 Å². The van der Waals surface area contributed by atoms with Crippen LogP contribution in [-0.2, 0) is 38.9 Å². The fourth-order valence-electron chi connectivity index (χ4n) is 13.1. The van der Waals surface area contributed by atoms with Gasteiger partial charge in [-0.25, -0.2) is 0 Å². The summed E-state index contributed by atoms with van der Waals surface area (Å²) in [5.74, 6) is 3.82. The van der Waals surface area contributed by atoms with Gasteiger partial charge in [0.1, 0.15) is 12.2 Å². The van der Waals surface area contributed by atoms with E-state index in [4.69, 9.17) is 67.6 Å². The molecule has 6 rings (SSSR count). The number of nitrogens with one attached hydrogen (secondary N) is 4. The van der Waals surface area contributed by atoms with Gasteiger partial charge in [-0.15, -0.1) is 0 Å². The highest BCUT2D eigenvalue weighted by atomic mass is 28.5. The maximum absolute atomic E-state index is 7.72. The van der Waals surface area contributed by atoms with Crippen LogP contribution in [0, 0.1) is 53.3 Å². The van der Waals surface area contributed by atoms with E-state index in [-0.39, 0.29) is 0 Å². The molecule has 14 N–H and O–H groups in total. The van der Waals surface area contributed by atoms with Crippen molar-refractivity contribution in [3.8, 4) is 0 Å². The van der Waals surface area contributed by atoms with Crippen LogP contribution >= 0.6 is 0 Å². The van der Waals surface area contributed by atoms with E-state index >= 15 is 0 Å². The Labute approximate surface area is 434 Å². The predicted octanol–water partition coefficient (Wildman–Crippen LogP) is 3.56. The first-order valence-corrected chi connectivity index (χ1v) is 36.3. The van der Waals surface area contributed by atoms with Crippen molar-refractivity contribution in [3.05, 3.63) is 0 Å². The lowest BCUT2D eigenvalue weighted by Gasteiger charge is -2.41. The summed E-state index contributed by atoms with van der Waals surface area (Å²) >= 11 is 0. The van der Waals surface area contributed by atoms with Crippen LogP contribution in [0.4, 0.5) is 0 Å². The van der Waals surface area contributed by atoms with Crippen molar-refractivity contribution in [1.82, 2.24) is 21.3 Å². The highest BCUT2D eigenvalue weighted by Gasteiger charge is 2.70. The van der Waals surface area contributed by atoms with Crippen LogP contribution in [0.15, 0.2) is 0 Å². The zero-order valence-electron chi connectivity index (χ0n) is 45.3. The molecule has 2 spiro atoms. The van der Waals surface area contributed by atoms with Gasteiger partial charge in [-0.3, -0.25) is 0 Å². The summed E-state index contributed by atoms with van der Waals surface area (Å²) in [7, 11) is -10.7. The molecule has 0 aromatic rings. The Bertz CT molecular complexity index is 1520. The molecule has 0 radical (unpaired) electrons. The molecule has 0 amide bonds. The van der Waals surface area contributed by atoms with Crippen molar-refractivity contribution in [2.75, 3.05) is 99.3 Å². The number of nitrogens with two attached hydrogens (primary N) is 5. The van der Waals surface area contributed by atoms with Crippen molar-refractivity contribution >= 4 is 35.2 Å². The molecule has 71 heavy (non-hydrogen) atoms. The normalized spacial score (nSPS) is 41.5. The van der Waals surface area contributed by atoms with Crippen LogP contribution in [0.1, 0.15) is 111 Å². The van der Waals surface area contributed by atoms with Crippen LogP contribution < -0.4 is 49.9 Å². The van der Waals surface area contributed by atoms with Gasteiger partial charge in [0, 0.05) is 38.4 Å². The molecule has 17 atom stereocenters. The van der Waals surface area contributed by atoms with Crippen LogP contribution in [-0.4, -0.2) is 159 Å². The smallest absolute Gasteiger partial charge is 0.377 e. The average molecular weight is 1080 g/mol. The van der Waals surface area contributed by atoms with Crippen molar-refractivity contribution in [2.24, 2.45) is 81.9 Å². The second-order valence-electron chi connectivity index (χ2n) is 23.0. The fourth-order valence-corrected chi connectivity index (χ4v) is 30.5. The maximum Gasteiger partial charge on any atom is 0.493 e. The van der Waals surface area contributed by atoms with E-state index in [2.05, 4.69) is 49.0 Å². The number of fused-ring (bicyclic) bond motifs is 15. The molecule has 22 heteroatoms. The van der Waals surface area contributed by atoms with E-state index in [9.17, 15) is 0 Å². The van der Waals surface area contributed by atoms with E-state index in [0.717, 1.165) is 136 Å². The predicted molar refractivity (Wildman–Crippen MR) is 290 cm³/mol. The Morgan fingerprint density at radius 1 is 0.521 bits per heavy atom. The fraction of sp³-hybridized carbons (Fsp3) is 1.00. The van der Waals surface area contributed by atoms with Gasteiger partial charge in [-0.2, -0.15) is 0 Å². The minimum atomic E-state index is -3.71. The average Bonchev–Trinajstić information content (AvgIpc) is 3.63.